The summed E-state index contributed by atoms with van der Waals surface area (Å²) in [4.78, 5) is 0. The lowest BCUT2D eigenvalue weighted by Gasteiger charge is -2.09. The Morgan fingerprint density at radius 3 is 2.33 bits per heavy atom. The molecular formula is C18H16. The van der Waals surface area contributed by atoms with Crippen LogP contribution in [0.3, 0.4) is 0 Å². The van der Waals surface area contributed by atoms with Crippen LogP contribution in [0.2, 0.25) is 0 Å². The van der Waals surface area contributed by atoms with Crippen LogP contribution in [0.1, 0.15) is 22.6 Å². The van der Waals surface area contributed by atoms with Gasteiger partial charge in [-0.05, 0) is 23.6 Å². The molecule has 2 rings (SSSR count). The minimum absolute atomic E-state index is 0.0337. The molecule has 1 unspecified atom stereocenters. The number of benzene rings is 2. The quantitative estimate of drug-likeness (QED) is 0.687. The minimum atomic E-state index is 0.0337. The van der Waals surface area contributed by atoms with Gasteiger partial charge in [0.1, 0.15) is 0 Å². The normalized spacial score (nSPS) is 12.2. The summed E-state index contributed by atoms with van der Waals surface area (Å²) in [6, 6.07) is 18.5. The fraction of sp³-hybridized carbons (Fsp3) is 0.111. The molecule has 88 valence electrons. The van der Waals surface area contributed by atoms with Crippen LogP contribution in [-0.2, 0) is 0 Å². The molecule has 0 nitrogen and oxygen atoms in total. The Labute approximate surface area is 109 Å². The third-order valence-corrected chi connectivity index (χ3v) is 2.98. The topological polar surface area (TPSA) is 0 Å². The second-order valence-corrected chi connectivity index (χ2v) is 4.27. The van der Waals surface area contributed by atoms with Crippen LogP contribution in [0, 0.1) is 19.3 Å². The zero-order valence-electron chi connectivity index (χ0n) is 10.5. The van der Waals surface area contributed by atoms with Crippen LogP contribution in [0.25, 0.3) is 6.08 Å². The molecule has 0 bridgehead atoms. The van der Waals surface area contributed by atoms with Gasteiger partial charge in [-0.1, -0.05) is 72.7 Å². The molecule has 0 radical (unpaired) electrons. The van der Waals surface area contributed by atoms with Crippen molar-refractivity contribution in [3.63, 3.8) is 0 Å². The molecule has 0 amide bonds. The highest BCUT2D eigenvalue weighted by Gasteiger charge is 2.06. The first-order valence-electron chi connectivity index (χ1n) is 6.06. The summed E-state index contributed by atoms with van der Waals surface area (Å²) >= 11 is 0. The molecule has 2 aromatic rings. The third-order valence-electron chi connectivity index (χ3n) is 2.98. The summed E-state index contributed by atoms with van der Waals surface area (Å²) in [6.07, 6.45) is 9.80. The van der Waals surface area contributed by atoms with Gasteiger partial charge >= 0.3 is 0 Å². The van der Waals surface area contributed by atoms with E-state index in [1.165, 1.54) is 16.7 Å². The lowest BCUT2D eigenvalue weighted by atomic mass is 9.94. The van der Waals surface area contributed by atoms with Crippen molar-refractivity contribution < 1.29 is 0 Å². The van der Waals surface area contributed by atoms with Gasteiger partial charge in [-0.25, -0.2) is 0 Å². The van der Waals surface area contributed by atoms with Crippen LogP contribution < -0.4 is 0 Å². The van der Waals surface area contributed by atoms with E-state index >= 15 is 0 Å². The molecule has 1 atom stereocenters. The number of terminal acetylenes is 1. The van der Waals surface area contributed by atoms with E-state index in [1.54, 1.807) is 0 Å². The van der Waals surface area contributed by atoms with Gasteiger partial charge in [0.15, 0.2) is 0 Å². The molecule has 0 saturated carbocycles. The molecule has 0 aromatic heterocycles. The lowest BCUT2D eigenvalue weighted by Crippen LogP contribution is -1.94. The first-order chi connectivity index (χ1) is 8.81. The van der Waals surface area contributed by atoms with Gasteiger partial charge in [-0.3, -0.25) is 0 Å². The van der Waals surface area contributed by atoms with Crippen molar-refractivity contribution in [1.82, 2.24) is 0 Å². The molecule has 0 saturated heterocycles. The summed E-state index contributed by atoms with van der Waals surface area (Å²) in [5.74, 6) is 2.88. The van der Waals surface area contributed by atoms with E-state index in [0.29, 0.717) is 0 Å². The summed E-state index contributed by atoms with van der Waals surface area (Å²) in [5, 5.41) is 0. The van der Waals surface area contributed by atoms with Crippen molar-refractivity contribution in [2.75, 3.05) is 0 Å². The molecule has 0 spiro atoms. The summed E-state index contributed by atoms with van der Waals surface area (Å²) in [7, 11) is 0. The summed E-state index contributed by atoms with van der Waals surface area (Å²) in [6.45, 7) is 2.09. The monoisotopic (exact) mass is 232 g/mol. The van der Waals surface area contributed by atoms with E-state index in [-0.39, 0.29) is 5.92 Å². The smallest absolute Gasteiger partial charge is 0.0635 e. The maximum atomic E-state index is 5.64. The van der Waals surface area contributed by atoms with Gasteiger partial charge in [-0.2, -0.15) is 0 Å². The number of allylic oxidation sites excluding steroid dienone is 1. The summed E-state index contributed by atoms with van der Waals surface area (Å²) < 4.78 is 0. The van der Waals surface area contributed by atoms with Gasteiger partial charge in [-0.15, -0.1) is 6.42 Å². The fourth-order valence-corrected chi connectivity index (χ4v) is 1.96. The predicted octanol–water partition coefficient (Wildman–Crippen LogP) is 4.43. The van der Waals surface area contributed by atoms with Crippen molar-refractivity contribution in [3.05, 3.63) is 77.4 Å². The molecule has 2 aromatic carbocycles. The van der Waals surface area contributed by atoms with E-state index in [1.807, 2.05) is 30.3 Å². The highest BCUT2D eigenvalue weighted by atomic mass is 14.1. The first kappa shape index (κ1) is 12.2. The van der Waals surface area contributed by atoms with Crippen LogP contribution >= 0.6 is 0 Å². The molecule has 0 heteroatoms. The molecule has 0 fully saturated rings. The molecule has 0 N–H and O–H groups in total. The van der Waals surface area contributed by atoms with E-state index in [9.17, 15) is 0 Å². The number of hydrogen-bond acceptors (Lipinski definition) is 0. The molecular weight excluding hydrogens is 216 g/mol. The van der Waals surface area contributed by atoms with Crippen molar-refractivity contribution in [2.45, 2.75) is 12.8 Å². The highest BCUT2D eigenvalue weighted by molar-refractivity contribution is 5.52. The van der Waals surface area contributed by atoms with Crippen molar-refractivity contribution in [3.8, 4) is 12.3 Å². The van der Waals surface area contributed by atoms with Crippen LogP contribution in [-0.4, -0.2) is 0 Å². The molecule has 0 heterocycles. The Morgan fingerprint density at radius 2 is 1.67 bits per heavy atom. The second kappa shape index (κ2) is 5.89. The zero-order valence-corrected chi connectivity index (χ0v) is 10.5. The van der Waals surface area contributed by atoms with Crippen LogP contribution in [0.15, 0.2) is 60.7 Å². The maximum Gasteiger partial charge on any atom is 0.0635 e. The fourth-order valence-electron chi connectivity index (χ4n) is 1.96. The standard InChI is InChI=1S/C18H16/c1-3-17(18-12-8-7-9-15(18)2)14-13-16-10-5-4-6-11-16/h1,4-14,17H,2H3/b14-13+. The van der Waals surface area contributed by atoms with E-state index in [0.717, 1.165) is 0 Å². The third kappa shape index (κ3) is 2.90. The molecule has 0 aliphatic rings. The number of rotatable bonds is 3. The Balaban J connectivity index is 2.24. The Kier molecular flexibility index (Phi) is 3.99. The predicted molar refractivity (Wildman–Crippen MR) is 78.2 cm³/mol. The Hall–Kier alpha value is -2.26. The van der Waals surface area contributed by atoms with Crippen LogP contribution in [0.5, 0.6) is 0 Å². The summed E-state index contributed by atoms with van der Waals surface area (Å²) in [5.41, 5.74) is 3.61. The first-order valence-corrected chi connectivity index (χ1v) is 6.06. The van der Waals surface area contributed by atoms with Crippen molar-refractivity contribution in [2.24, 2.45) is 0 Å². The highest BCUT2D eigenvalue weighted by Crippen LogP contribution is 2.21. The Bertz CT molecular complexity index is 570. The molecule has 0 aliphatic heterocycles. The van der Waals surface area contributed by atoms with Gasteiger partial charge < -0.3 is 0 Å². The Morgan fingerprint density at radius 1 is 1.00 bits per heavy atom. The average Bonchev–Trinajstić information content (AvgIpc) is 2.42. The SMILES string of the molecule is C#CC(/C=C/c1ccccc1)c1ccccc1C. The van der Waals surface area contributed by atoms with Crippen molar-refractivity contribution in [1.29, 1.82) is 0 Å². The maximum absolute atomic E-state index is 5.64. The number of hydrogen-bond donors (Lipinski definition) is 0. The van der Waals surface area contributed by atoms with Gasteiger partial charge in [0.05, 0.1) is 5.92 Å². The van der Waals surface area contributed by atoms with E-state index in [2.05, 4.69) is 49.3 Å². The van der Waals surface area contributed by atoms with E-state index in [4.69, 9.17) is 6.42 Å². The number of aryl methyl sites for hydroxylation is 1. The largest absolute Gasteiger partial charge is 0.119 e. The molecule has 0 aliphatic carbocycles. The van der Waals surface area contributed by atoms with Gasteiger partial charge in [0.25, 0.3) is 0 Å². The average molecular weight is 232 g/mol. The van der Waals surface area contributed by atoms with Crippen molar-refractivity contribution >= 4 is 6.08 Å². The van der Waals surface area contributed by atoms with Gasteiger partial charge in [0, 0.05) is 0 Å². The lowest BCUT2D eigenvalue weighted by molar-refractivity contribution is 1.10. The van der Waals surface area contributed by atoms with Gasteiger partial charge in [0.2, 0.25) is 0 Å². The van der Waals surface area contributed by atoms with E-state index < -0.39 is 0 Å². The molecule has 18 heavy (non-hydrogen) atoms. The van der Waals surface area contributed by atoms with Crippen LogP contribution in [0.4, 0.5) is 0 Å². The second-order valence-electron chi connectivity index (χ2n) is 4.27. The zero-order chi connectivity index (χ0) is 12.8. The minimum Gasteiger partial charge on any atom is -0.119 e.